The lowest BCUT2D eigenvalue weighted by molar-refractivity contribution is 0.258. The largest absolute Gasteiger partial charge is 0.369 e. The molecule has 0 atom stereocenters. The summed E-state index contributed by atoms with van der Waals surface area (Å²) < 4.78 is 0. The van der Waals surface area contributed by atoms with Gasteiger partial charge in [0.05, 0.1) is 0 Å². The van der Waals surface area contributed by atoms with Gasteiger partial charge in [0.1, 0.15) is 0 Å². The quantitative estimate of drug-likeness (QED) is 0.859. The van der Waals surface area contributed by atoms with E-state index in [2.05, 4.69) is 41.0 Å². The van der Waals surface area contributed by atoms with E-state index in [9.17, 15) is 0 Å². The fraction of sp³-hybridized carbons (Fsp3) is 0.571. The van der Waals surface area contributed by atoms with Gasteiger partial charge in [-0.25, -0.2) is 0 Å². The van der Waals surface area contributed by atoms with Crippen LogP contribution in [-0.4, -0.2) is 37.6 Å². The number of hydrogen-bond donors (Lipinski definition) is 1. The van der Waals surface area contributed by atoms with E-state index in [1.54, 1.807) is 0 Å². The second kappa shape index (κ2) is 6.03. The molecule has 3 heteroatoms. The number of benzene rings is 1. The predicted octanol–water partition coefficient (Wildman–Crippen LogP) is 1.68. The maximum Gasteiger partial charge on any atom is 0.0370 e. The first-order valence-electron chi connectivity index (χ1n) is 6.60. The Kier molecular flexibility index (Phi) is 4.40. The Labute approximate surface area is 104 Å². The molecule has 3 nitrogen and oxygen atoms in total. The van der Waals surface area contributed by atoms with Crippen molar-refractivity contribution in [1.82, 2.24) is 4.90 Å². The topological polar surface area (TPSA) is 32.5 Å². The first-order chi connectivity index (χ1) is 8.33. The number of nitrogens with zero attached hydrogens (tertiary/aromatic N) is 2. The van der Waals surface area contributed by atoms with Crippen molar-refractivity contribution in [3.63, 3.8) is 0 Å². The number of nitrogens with two attached hydrogens (primary N) is 1. The Morgan fingerprint density at radius 3 is 2.59 bits per heavy atom. The molecule has 1 saturated heterocycles. The maximum absolute atomic E-state index is 5.68. The smallest absolute Gasteiger partial charge is 0.0370 e. The summed E-state index contributed by atoms with van der Waals surface area (Å²) in [5, 5.41) is 0. The molecule has 2 rings (SSSR count). The highest BCUT2D eigenvalue weighted by Crippen LogP contribution is 2.18. The third-order valence-corrected chi connectivity index (χ3v) is 3.42. The Bertz CT molecular complexity index is 343. The lowest BCUT2D eigenvalue weighted by atomic mass is 10.1. The summed E-state index contributed by atoms with van der Waals surface area (Å²) in [7, 11) is 0. The van der Waals surface area contributed by atoms with Crippen LogP contribution in [0.4, 0.5) is 5.69 Å². The zero-order valence-electron chi connectivity index (χ0n) is 10.7. The van der Waals surface area contributed by atoms with Gasteiger partial charge in [-0.05, 0) is 30.7 Å². The zero-order valence-corrected chi connectivity index (χ0v) is 10.7. The highest BCUT2D eigenvalue weighted by atomic mass is 15.3. The zero-order chi connectivity index (χ0) is 12.1. The van der Waals surface area contributed by atoms with E-state index in [0.717, 1.165) is 13.1 Å². The van der Waals surface area contributed by atoms with Gasteiger partial charge >= 0.3 is 0 Å². The van der Waals surface area contributed by atoms with Gasteiger partial charge in [0.15, 0.2) is 0 Å². The van der Waals surface area contributed by atoms with E-state index in [0.29, 0.717) is 6.54 Å². The standard InChI is InChI=1S/C14H23N3/c1-2-6-16-7-9-17(10-8-16)14-5-3-4-13(11-14)12-15/h3-5,11H,2,6-10,12,15H2,1H3. The highest BCUT2D eigenvalue weighted by Gasteiger charge is 2.16. The van der Waals surface area contributed by atoms with Gasteiger partial charge in [-0.2, -0.15) is 0 Å². The van der Waals surface area contributed by atoms with Crippen LogP contribution in [0.2, 0.25) is 0 Å². The molecular formula is C14H23N3. The Morgan fingerprint density at radius 1 is 1.18 bits per heavy atom. The van der Waals surface area contributed by atoms with Crippen molar-refractivity contribution in [2.45, 2.75) is 19.9 Å². The maximum atomic E-state index is 5.68. The molecule has 0 amide bonds. The minimum absolute atomic E-state index is 0.629. The molecule has 1 aliphatic heterocycles. The van der Waals surface area contributed by atoms with Crippen molar-refractivity contribution in [3.8, 4) is 0 Å². The summed E-state index contributed by atoms with van der Waals surface area (Å²) >= 11 is 0. The van der Waals surface area contributed by atoms with Gasteiger partial charge in [-0.3, -0.25) is 4.90 Å². The SMILES string of the molecule is CCCN1CCN(c2cccc(CN)c2)CC1. The summed E-state index contributed by atoms with van der Waals surface area (Å²) in [5.41, 5.74) is 8.23. The van der Waals surface area contributed by atoms with Crippen molar-refractivity contribution in [2.75, 3.05) is 37.6 Å². The molecule has 0 aromatic heterocycles. The van der Waals surface area contributed by atoms with Gasteiger partial charge in [0, 0.05) is 38.4 Å². The van der Waals surface area contributed by atoms with E-state index in [-0.39, 0.29) is 0 Å². The van der Waals surface area contributed by atoms with Crippen LogP contribution in [0, 0.1) is 0 Å². The fourth-order valence-electron chi connectivity index (χ4n) is 2.43. The molecule has 0 unspecified atom stereocenters. The molecule has 0 bridgehead atoms. The Morgan fingerprint density at radius 2 is 1.94 bits per heavy atom. The summed E-state index contributed by atoms with van der Waals surface area (Å²) in [6.45, 7) is 8.74. The van der Waals surface area contributed by atoms with Crippen molar-refractivity contribution in [3.05, 3.63) is 29.8 Å². The minimum Gasteiger partial charge on any atom is -0.369 e. The lowest BCUT2D eigenvalue weighted by Crippen LogP contribution is -2.46. The molecule has 0 radical (unpaired) electrons. The molecule has 1 aromatic carbocycles. The van der Waals surface area contributed by atoms with Gasteiger partial charge in [-0.1, -0.05) is 19.1 Å². The molecule has 1 aromatic rings. The van der Waals surface area contributed by atoms with Crippen LogP contribution in [0.5, 0.6) is 0 Å². The third-order valence-electron chi connectivity index (χ3n) is 3.42. The van der Waals surface area contributed by atoms with Crippen molar-refractivity contribution in [1.29, 1.82) is 0 Å². The van der Waals surface area contributed by atoms with Crippen molar-refractivity contribution < 1.29 is 0 Å². The van der Waals surface area contributed by atoms with Crippen LogP contribution in [0.1, 0.15) is 18.9 Å². The van der Waals surface area contributed by atoms with Crippen LogP contribution < -0.4 is 10.6 Å². The molecular weight excluding hydrogens is 210 g/mol. The summed E-state index contributed by atoms with van der Waals surface area (Å²) in [6, 6.07) is 8.61. The minimum atomic E-state index is 0.629. The molecule has 0 aliphatic carbocycles. The van der Waals surface area contributed by atoms with E-state index in [4.69, 9.17) is 5.73 Å². The lowest BCUT2D eigenvalue weighted by Gasteiger charge is -2.36. The number of piperazine rings is 1. The average molecular weight is 233 g/mol. The molecule has 1 fully saturated rings. The molecule has 2 N–H and O–H groups in total. The molecule has 0 saturated carbocycles. The molecule has 94 valence electrons. The van der Waals surface area contributed by atoms with Gasteiger partial charge in [-0.15, -0.1) is 0 Å². The first-order valence-corrected chi connectivity index (χ1v) is 6.60. The van der Waals surface area contributed by atoms with Crippen LogP contribution in [0.15, 0.2) is 24.3 Å². The van der Waals surface area contributed by atoms with Gasteiger partial charge in [0.2, 0.25) is 0 Å². The van der Waals surface area contributed by atoms with E-state index >= 15 is 0 Å². The Balaban J connectivity index is 1.95. The van der Waals surface area contributed by atoms with E-state index in [1.807, 2.05) is 0 Å². The summed E-state index contributed by atoms with van der Waals surface area (Å²) in [4.78, 5) is 5.01. The van der Waals surface area contributed by atoms with Crippen LogP contribution >= 0.6 is 0 Å². The van der Waals surface area contributed by atoms with E-state index < -0.39 is 0 Å². The molecule has 1 aliphatic rings. The van der Waals surface area contributed by atoms with Crippen molar-refractivity contribution in [2.24, 2.45) is 5.73 Å². The predicted molar refractivity (Wildman–Crippen MR) is 73.3 cm³/mol. The van der Waals surface area contributed by atoms with Gasteiger partial charge in [0.25, 0.3) is 0 Å². The van der Waals surface area contributed by atoms with E-state index in [1.165, 1.54) is 37.3 Å². The summed E-state index contributed by atoms with van der Waals surface area (Å²) in [6.07, 6.45) is 1.25. The highest BCUT2D eigenvalue weighted by molar-refractivity contribution is 5.49. The molecule has 17 heavy (non-hydrogen) atoms. The number of rotatable bonds is 4. The fourth-order valence-corrected chi connectivity index (χ4v) is 2.43. The summed E-state index contributed by atoms with van der Waals surface area (Å²) in [5.74, 6) is 0. The molecule has 0 spiro atoms. The monoisotopic (exact) mass is 233 g/mol. The normalized spacial score (nSPS) is 17.4. The second-order valence-corrected chi connectivity index (χ2v) is 4.70. The third kappa shape index (κ3) is 3.20. The molecule has 1 heterocycles. The van der Waals surface area contributed by atoms with Crippen LogP contribution in [0.25, 0.3) is 0 Å². The Hall–Kier alpha value is -1.06. The first kappa shape index (κ1) is 12.4. The second-order valence-electron chi connectivity index (χ2n) is 4.70. The van der Waals surface area contributed by atoms with Crippen LogP contribution in [0.3, 0.4) is 0 Å². The number of anilines is 1. The van der Waals surface area contributed by atoms with Gasteiger partial charge < -0.3 is 10.6 Å². The average Bonchev–Trinajstić information content (AvgIpc) is 2.40. The van der Waals surface area contributed by atoms with Crippen LogP contribution in [-0.2, 0) is 6.54 Å². The van der Waals surface area contributed by atoms with Crippen molar-refractivity contribution >= 4 is 5.69 Å². The number of hydrogen-bond acceptors (Lipinski definition) is 3.